The summed E-state index contributed by atoms with van der Waals surface area (Å²) in [4.78, 5) is 12.1. The number of carbonyl (C=O) groups is 1. The third-order valence-electron chi connectivity index (χ3n) is 3.57. The van der Waals surface area contributed by atoms with Gasteiger partial charge in [-0.15, -0.1) is 0 Å². The van der Waals surface area contributed by atoms with Gasteiger partial charge in [0.1, 0.15) is 18.5 Å². The Kier molecular flexibility index (Phi) is 5.11. The first-order chi connectivity index (χ1) is 11.6. The van der Waals surface area contributed by atoms with Gasteiger partial charge in [-0.05, 0) is 43.3 Å². The van der Waals surface area contributed by atoms with Crippen molar-refractivity contribution in [2.45, 2.75) is 19.1 Å². The predicted molar refractivity (Wildman–Crippen MR) is 90.9 cm³/mol. The van der Waals surface area contributed by atoms with Gasteiger partial charge in [0.2, 0.25) is 0 Å². The predicted octanol–water partition coefficient (Wildman–Crippen LogP) is 3.06. The van der Waals surface area contributed by atoms with E-state index in [0.29, 0.717) is 29.7 Å². The molecule has 0 saturated heterocycles. The van der Waals surface area contributed by atoms with Gasteiger partial charge < -0.3 is 19.5 Å². The lowest BCUT2D eigenvalue weighted by molar-refractivity contribution is -0.127. The SMILES string of the molecule is C[C@@H](Oc1ccc(Cl)cc1)C(=O)NC[C@@H]1COc2ccccc2O1. The van der Waals surface area contributed by atoms with Gasteiger partial charge in [0, 0.05) is 5.02 Å². The summed E-state index contributed by atoms with van der Waals surface area (Å²) in [6.07, 6.45) is -0.852. The normalized spacial score (nSPS) is 17.0. The average molecular weight is 348 g/mol. The molecule has 5 nitrogen and oxygen atoms in total. The van der Waals surface area contributed by atoms with Crippen molar-refractivity contribution < 1.29 is 19.0 Å². The quantitative estimate of drug-likeness (QED) is 0.903. The average Bonchev–Trinajstić information content (AvgIpc) is 2.61. The number of hydrogen-bond acceptors (Lipinski definition) is 4. The van der Waals surface area contributed by atoms with Crippen molar-refractivity contribution in [2.24, 2.45) is 0 Å². The van der Waals surface area contributed by atoms with Crippen LogP contribution in [-0.4, -0.2) is 31.3 Å². The molecule has 0 fully saturated rings. The Morgan fingerprint density at radius 2 is 1.96 bits per heavy atom. The highest BCUT2D eigenvalue weighted by molar-refractivity contribution is 6.30. The standard InChI is InChI=1S/C18H18ClNO4/c1-12(23-14-8-6-13(19)7-9-14)18(21)20-10-15-11-22-16-4-2-3-5-17(16)24-15/h2-9,12,15H,10-11H2,1H3,(H,20,21)/t12-,15-/m1/s1. The van der Waals surface area contributed by atoms with Crippen LogP contribution in [0.4, 0.5) is 0 Å². The summed E-state index contributed by atoms with van der Waals surface area (Å²) in [5.41, 5.74) is 0. The highest BCUT2D eigenvalue weighted by Crippen LogP contribution is 2.30. The van der Waals surface area contributed by atoms with Crippen molar-refractivity contribution in [3.05, 3.63) is 53.6 Å². The molecule has 0 aliphatic carbocycles. The van der Waals surface area contributed by atoms with Crippen LogP contribution in [0.25, 0.3) is 0 Å². The number of hydrogen-bond donors (Lipinski definition) is 1. The fraction of sp³-hybridized carbons (Fsp3) is 0.278. The number of halogens is 1. The van der Waals surface area contributed by atoms with Crippen molar-refractivity contribution in [1.29, 1.82) is 0 Å². The van der Waals surface area contributed by atoms with E-state index in [4.69, 9.17) is 25.8 Å². The maximum absolute atomic E-state index is 12.1. The molecule has 126 valence electrons. The second kappa shape index (κ2) is 7.45. The summed E-state index contributed by atoms with van der Waals surface area (Å²) in [5.74, 6) is 1.79. The summed E-state index contributed by atoms with van der Waals surface area (Å²) >= 11 is 5.82. The molecule has 0 spiro atoms. The molecule has 1 aliphatic heterocycles. The van der Waals surface area contributed by atoms with Gasteiger partial charge in [0.15, 0.2) is 17.6 Å². The van der Waals surface area contributed by atoms with Crippen LogP contribution in [0.2, 0.25) is 5.02 Å². The maximum atomic E-state index is 12.1. The number of ether oxygens (including phenoxy) is 3. The van der Waals surface area contributed by atoms with Gasteiger partial charge in [-0.1, -0.05) is 23.7 Å². The number of carbonyl (C=O) groups excluding carboxylic acids is 1. The smallest absolute Gasteiger partial charge is 0.260 e. The van der Waals surface area contributed by atoms with E-state index in [1.165, 1.54) is 0 Å². The molecule has 2 aromatic rings. The summed E-state index contributed by atoms with van der Waals surface area (Å²) in [6, 6.07) is 14.3. The number of fused-ring (bicyclic) bond motifs is 1. The van der Waals surface area contributed by atoms with Gasteiger partial charge >= 0.3 is 0 Å². The van der Waals surface area contributed by atoms with Crippen LogP contribution in [0.15, 0.2) is 48.5 Å². The van der Waals surface area contributed by atoms with Crippen LogP contribution in [0.5, 0.6) is 17.2 Å². The molecule has 1 amide bonds. The van der Waals surface area contributed by atoms with Crippen LogP contribution < -0.4 is 19.5 Å². The molecule has 0 saturated carbocycles. The molecule has 6 heteroatoms. The van der Waals surface area contributed by atoms with Crippen molar-refractivity contribution in [3.63, 3.8) is 0 Å². The number of para-hydroxylation sites is 2. The Hall–Kier alpha value is -2.40. The van der Waals surface area contributed by atoms with E-state index in [1.807, 2.05) is 24.3 Å². The second-order valence-electron chi connectivity index (χ2n) is 5.46. The highest BCUT2D eigenvalue weighted by Gasteiger charge is 2.22. The second-order valence-corrected chi connectivity index (χ2v) is 5.89. The first-order valence-corrected chi connectivity index (χ1v) is 8.08. The molecule has 0 unspecified atom stereocenters. The minimum atomic E-state index is -0.622. The van der Waals surface area contributed by atoms with Crippen LogP contribution >= 0.6 is 11.6 Å². The van der Waals surface area contributed by atoms with E-state index in [0.717, 1.165) is 5.75 Å². The number of amides is 1. The van der Waals surface area contributed by atoms with E-state index >= 15 is 0 Å². The molecule has 0 radical (unpaired) electrons. The van der Waals surface area contributed by atoms with Crippen LogP contribution in [-0.2, 0) is 4.79 Å². The molecule has 1 aliphatic rings. The Morgan fingerprint density at radius 1 is 1.25 bits per heavy atom. The van der Waals surface area contributed by atoms with Gasteiger partial charge in [0.05, 0.1) is 6.54 Å². The minimum Gasteiger partial charge on any atom is -0.486 e. The van der Waals surface area contributed by atoms with Crippen molar-refractivity contribution in [1.82, 2.24) is 5.32 Å². The van der Waals surface area contributed by atoms with Gasteiger partial charge in [0.25, 0.3) is 5.91 Å². The molecule has 24 heavy (non-hydrogen) atoms. The molecule has 1 N–H and O–H groups in total. The Morgan fingerprint density at radius 3 is 2.71 bits per heavy atom. The first-order valence-electron chi connectivity index (χ1n) is 7.70. The highest BCUT2D eigenvalue weighted by atomic mass is 35.5. The molecule has 2 atom stereocenters. The zero-order valence-electron chi connectivity index (χ0n) is 13.2. The van der Waals surface area contributed by atoms with E-state index in [1.54, 1.807) is 31.2 Å². The fourth-order valence-electron chi connectivity index (χ4n) is 2.29. The summed E-state index contributed by atoms with van der Waals surface area (Å²) < 4.78 is 17.0. The van der Waals surface area contributed by atoms with Crippen molar-refractivity contribution in [2.75, 3.05) is 13.2 Å². The third kappa shape index (κ3) is 4.11. The molecule has 1 heterocycles. The maximum Gasteiger partial charge on any atom is 0.260 e. The lowest BCUT2D eigenvalue weighted by atomic mass is 10.2. The molecule has 3 rings (SSSR count). The van der Waals surface area contributed by atoms with Crippen LogP contribution in [0, 0.1) is 0 Å². The molecular formula is C18H18ClNO4. The van der Waals surface area contributed by atoms with E-state index < -0.39 is 6.10 Å². The largest absolute Gasteiger partial charge is 0.486 e. The molecule has 0 aromatic heterocycles. The number of rotatable bonds is 5. The van der Waals surface area contributed by atoms with Crippen LogP contribution in [0.3, 0.4) is 0 Å². The summed E-state index contributed by atoms with van der Waals surface area (Å²) in [7, 11) is 0. The molecule has 2 aromatic carbocycles. The zero-order valence-corrected chi connectivity index (χ0v) is 14.0. The fourth-order valence-corrected chi connectivity index (χ4v) is 2.42. The van der Waals surface area contributed by atoms with E-state index in [9.17, 15) is 4.79 Å². The van der Waals surface area contributed by atoms with E-state index in [-0.39, 0.29) is 12.0 Å². The summed E-state index contributed by atoms with van der Waals surface area (Å²) in [6.45, 7) is 2.43. The number of benzene rings is 2. The first kappa shape index (κ1) is 16.5. The van der Waals surface area contributed by atoms with Crippen molar-refractivity contribution >= 4 is 17.5 Å². The number of nitrogens with one attached hydrogen (secondary N) is 1. The monoisotopic (exact) mass is 347 g/mol. The Labute approximate surface area is 145 Å². The molecular weight excluding hydrogens is 330 g/mol. The third-order valence-corrected chi connectivity index (χ3v) is 3.82. The Balaban J connectivity index is 1.48. The van der Waals surface area contributed by atoms with E-state index in [2.05, 4.69) is 5.32 Å². The zero-order chi connectivity index (χ0) is 16.9. The van der Waals surface area contributed by atoms with Gasteiger partial charge in [-0.2, -0.15) is 0 Å². The van der Waals surface area contributed by atoms with Crippen LogP contribution in [0.1, 0.15) is 6.92 Å². The minimum absolute atomic E-state index is 0.215. The van der Waals surface area contributed by atoms with Gasteiger partial charge in [-0.25, -0.2) is 0 Å². The summed E-state index contributed by atoms with van der Waals surface area (Å²) in [5, 5.41) is 3.44. The lowest BCUT2D eigenvalue weighted by Crippen LogP contribution is -2.44. The molecule has 0 bridgehead atoms. The Bertz CT molecular complexity index is 704. The lowest BCUT2D eigenvalue weighted by Gasteiger charge is -2.27. The topological polar surface area (TPSA) is 56.8 Å². The van der Waals surface area contributed by atoms with Crippen molar-refractivity contribution in [3.8, 4) is 17.2 Å². The van der Waals surface area contributed by atoms with Gasteiger partial charge in [-0.3, -0.25) is 4.79 Å².